The zero-order valence-electron chi connectivity index (χ0n) is 7.43. The molecule has 0 amide bonds. The number of alkyl halides is 3. The smallest absolute Gasteiger partial charge is 0.323 e. The molecule has 14 heavy (non-hydrogen) atoms. The number of rotatable bonds is 0. The van der Waals surface area contributed by atoms with Crippen LogP contribution in [0, 0.1) is 0 Å². The molecule has 0 aliphatic carbocycles. The normalized spacial score (nSPS) is 20.1. The van der Waals surface area contributed by atoms with E-state index in [1.54, 1.807) is 0 Å². The first-order valence-electron chi connectivity index (χ1n) is 3.98. The highest BCUT2D eigenvalue weighted by molar-refractivity contribution is 5.88. The molecule has 0 bridgehead atoms. The molecular formula is C7H11F3N4. The minimum absolute atomic E-state index is 0.175. The molecule has 3 N–H and O–H groups in total. The van der Waals surface area contributed by atoms with Gasteiger partial charge in [-0.15, -0.1) is 0 Å². The van der Waals surface area contributed by atoms with Crippen molar-refractivity contribution in [3.63, 3.8) is 0 Å². The Balaban J connectivity index is 2.84. The van der Waals surface area contributed by atoms with Crippen LogP contribution in [0.4, 0.5) is 13.2 Å². The summed E-state index contributed by atoms with van der Waals surface area (Å²) in [5, 5.41) is 5.65. The monoisotopic (exact) mass is 208 g/mol. The predicted molar refractivity (Wildman–Crippen MR) is 46.4 cm³/mol. The molecule has 7 heteroatoms. The molecule has 1 heterocycles. The molecule has 1 aliphatic rings. The molecule has 0 atom stereocenters. The number of nitrogens with one attached hydrogen (secondary N) is 1. The van der Waals surface area contributed by atoms with Gasteiger partial charge >= 0.3 is 6.18 Å². The lowest BCUT2D eigenvalue weighted by Crippen LogP contribution is -2.49. The maximum atomic E-state index is 12.4. The average molecular weight is 208 g/mol. The van der Waals surface area contributed by atoms with Crippen LogP contribution < -0.4 is 11.2 Å². The standard InChI is InChI=1S/C7H11F3N4/c1-5-4-12-2-3-14(5)6(13-11)7(8,9)10/h12H,1-4,11H2/b13-6-. The lowest BCUT2D eigenvalue weighted by Gasteiger charge is -2.32. The van der Waals surface area contributed by atoms with E-state index in [4.69, 9.17) is 5.84 Å². The molecule has 0 aromatic heterocycles. The number of hydrogen-bond acceptors (Lipinski definition) is 3. The van der Waals surface area contributed by atoms with Crippen molar-refractivity contribution in [1.29, 1.82) is 0 Å². The van der Waals surface area contributed by atoms with Gasteiger partial charge in [0.25, 0.3) is 0 Å². The van der Waals surface area contributed by atoms with E-state index in [-0.39, 0.29) is 6.54 Å². The van der Waals surface area contributed by atoms with Crippen molar-refractivity contribution in [3.05, 3.63) is 12.3 Å². The molecule has 0 aromatic rings. The van der Waals surface area contributed by atoms with E-state index in [1.165, 1.54) is 0 Å². The Bertz CT molecular complexity index is 258. The van der Waals surface area contributed by atoms with Gasteiger partial charge in [-0.05, 0) is 0 Å². The second-order valence-corrected chi connectivity index (χ2v) is 2.85. The second kappa shape index (κ2) is 3.87. The van der Waals surface area contributed by atoms with Gasteiger partial charge in [0.15, 0.2) is 0 Å². The van der Waals surface area contributed by atoms with Crippen LogP contribution >= 0.6 is 0 Å². The van der Waals surface area contributed by atoms with Gasteiger partial charge in [-0.25, -0.2) is 0 Å². The summed E-state index contributed by atoms with van der Waals surface area (Å²) in [5.74, 6) is 3.62. The number of hydrogen-bond donors (Lipinski definition) is 2. The van der Waals surface area contributed by atoms with E-state index in [1.807, 2.05) is 0 Å². The summed E-state index contributed by atoms with van der Waals surface area (Å²) in [6, 6.07) is 0. The van der Waals surface area contributed by atoms with Crippen molar-refractivity contribution < 1.29 is 13.2 Å². The molecule has 1 saturated heterocycles. The maximum absolute atomic E-state index is 12.4. The first-order chi connectivity index (χ1) is 6.46. The first kappa shape index (κ1) is 10.8. The van der Waals surface area contributed by atoms with Crippen LogP contribution in [0.1, 0.15) is 0 Å². The van der Waals surface area contributed by atoms with Gasteiger partial charge in [-0.3, -0.25) is 0 Å². The Morgan fingerprint density at radius 2 is 2.21 bits per heavy atom. The van der Waals surface area contributed by atoms with Gasteiger partial charge in [0.05, 0.1) is 0 Å². The zero-order valence-corrected chi connectivity index (χ0v) is 7.43. The molecule has 4 nitrogen and oxygen atoms in total. The Kier molecular flexibility index (Phi) is 3.00. The number of halogens is 3. The topological polar surface area (TPSA) is 53.6 Å². The second-order valence-electron chi connectivity index (χ2n) is 2.85. The lowest BCUT2D eigenvalue weighted by atomic mass is 10.3. The van der Waals surface area contributed by atoms with Gasteiger partial charge < -0.3 is 16.1 Å². The highest BCUT2D eigenvalue weighted by Crippen LogP contribution is 2.22. The van der Waals surface area contributed by atoms with E-state index >= 15 is 0 Å². The molecule has 1 fully saturated rings. The van der Waals surface area contributed by atoms with Crippen LogP contribution in [-0.2, 0) is 0 Å². The molecule has 0 aromatic carbocycles. The van der Waals surface area contributed by atoms with Crippen molar-refractivity contribution in [1.82, 2.24) is 10.2 Å². The van der Waals surface area contributed by atoms with E-state index < -0.39 is 12.0 Å². The van der Waals surface area contributed by atoms with Crippen LogP contribution in [0.2, 0.25) is 0 Å². The molecule has 1 aliphatic heterocycles. The molecule has 0 radical (unpaired) electrons. The summed E-state index contributed by atoms with van der Waals surface area (Å²) in [5.41, 5.74) is 0.317. The molecule has 80 valence electrons. The van der Waals surface area contributed by atoms with Crippen molar-refractivity contribution in [3.8, 4) is 0 Å². The van der Waals surface area contributed by atoms with Crippen molar-refractivity contribution >= 4 is 5.84 Å². The number of amidine groups is 1. The Morgan fingerprint density at radius 1 is 1.57 bits per heavy atom. The molecule has 0 spiro atoms. The molecule has 0 unspecified atom stereocenters. The summed E-state index contributed by atoms with van der Waals surface area (Å²) in [7, 11) is 0. The third-order valence-corrected chi connectivity index (χ3v) is 1.85. The maximum Gasteiger partial charge on any atom is 0.451 e. The molecule has 0 saturated carbocycles. The number of nitrogens with two attached hydrogens (primary N) is 1. The quantitative estimate of drug-likeness (QED) is 0.259. The fourth-order valence-electron chi connectivity index (χ4n) is 1.23. The third-order valence-electron chi connectivity index (χ3n) is 1.85. The zero-order chi connectivity index (χ0) is 10.8. The Labute approximate surface area is 79.2 Å². The average Bonchev–Trinajstić information content (AvgIpc) is 2.07. The van der Waals surface area contributed by atoms with E-state index in [0.29, 0.717) is 18.8 Å². The predicted octanol–water partition coefficient (Wildman–Crippen LogP) is 0.240. The van der Waals surface area contributed by atoms with Gasteiger partial charge in [0.1, 0.15) is 0 Å². The van der Waals surface area contributed by atoms with Crippen LogP contribution in [0.3, 0.4) is 0 Å². The summed E-state index contributed by atoms with van der Waals surface area (Å²) >= 11 is 0. The fourth-order valence-corrected chi connectivity index (χ4v) is 1.23. The summed E-state index contributed by atoms with van der Waals surface area (Å²) < 4.78 is 37.1. The molecule has 1 rings (SSSR count). The van der Waals surface area contributed by atoms with Crippen molar-refractivity contribution in [2.75, 3.05) is 19.6 Å². The minimum atomic E-state index is -4.53. The van der Waals surface area contributed by atoms with E-state index in [2.05, 4.69) is 17.0 Å². The number of piperazine rings is 1. The highest BCUT2D eigenvalue weighted by Gasteiger charge is 2.41. The van der Waals surface area contributed by atoms with E-state index in [9.17, 15) is 13.2 Å². The first-order valence-corrected chi connectivity index (χ1v) is 3.98. The third kappa shape index (κ3) is 2.16. The largest absolute Gasteiger partial charge is 0.451 e. The van der Waals surface area contributed by atoms with Crippen molar-refractivity contribution in [2.24, 2.45) is 10.9 Å². The lowest BCUT2D eigenvalue weighted by molar-refractivity contribution is -0.0680. The fraction of sp³-hybridized carbons (Fsp3) is 0.571. The number of hydrazone groups is 1. The number of nitrogens with zero attached hydrogens (tertiary/aromatic N) is 2. The van der Waals surface area contributed by atoms with Crippen LogP contribution in [0.25, 0.3) is 0 Å². The SMILES string of the molecule is C=C1CNCCN1/C(=N\N)C(F)(F)F. The summed E-state index contributed by atoms with van der Waals surface area (Å²) in [4.78, 5) is 0.983. The Hall–Kier alpha value is -1.24. The summed E-state index contributed by atoms with van der Waals surface area (Å²) in [6.07, 6.45) is -4.53. The van der Waals surface area contributed by atoms with Gasteiger partial charge in [0.2, 0.25) is 5.84 Å². The minimum Gasteiger partial charge on any atom is -0.323 e. The van der Waals surface area contributed by atoms with Crippen LogP contribution in [-0.4, -0.2) is 36.5 Å². The van der Waals surface area contributed by atoms with Gasteiger partial charge in [-0.1, -0.05) is 6.58 Å². The van der Waals surface area contributed by atoms with Crippen LogP contribution in [0.5, 0.6) is 0 Å². The van der Waals surface area contributed by atoms with Gasteiger partial charge in [0, 0.05) is 25.3 Å². The van der Waals surface area contributed by atoms with Gasteiger partial charge in [-0.2, -0.15) is 18.3 Å². The highest BCUT2D eigenvalue weighted by atomic mass is 19.4. The summed E-state index contributed by atoms with van der Waals surface area (Å²) in [6.45, 7) is 4.45. The van der Waals surface area contributed by atoms with Crippen molar-refractivity contribution in [2.45, 2.75) is 6.18 Å². The van der Waals surface area contributed by atoms with Crippen LogP contribution in [0.15, 0.2) is 17.4 Å². The molecular weight excluding hydrogens is 197 g/mol. The Morgan fingerprint density at radius 3 is 2.64 bits per heavy atom. The van der Waals surface area contributed by atoms with E-state index in [0.717, 1.165) is 4.90 Å².